The third-order valence-corrected chi connectivity index (χ3v) is 5.25. The smallest absolute Gasteiger partial charge is 0.506 e. The van der Waals surface area contributed by atoms with Gasteiger partial charge in [0.15, 0.2) is 0 Å². The van der Waals surface area contributed by atoms with Gasteiger partial charge in [-0.2, -0.15) is 0 Å². The molecular formula is C18H16F3N5O4S. The number of benzene rings is 2. The van der Waals surface area contributed by atoms with Crippen molar-refractivity contribution in [3.8, 4) is 11.5 Å². The molecule has 9 nitrogen and oxygen atoms in total. The van der Waals surface area contributed by atoms with Crippen LogP contribution < -0.4 is 20.1 Å². The first kappa shape index (κ1) is 22.1. The molecule has 3 rings (SSSR count). The summed E-state index contributed by atoms with van der Waals surface area (Å²) in [6, 6.07) is 10.2. The molecule has 0 radical (unpaired) electrons. The van der Waals surface area contributed by atoms with E-state index in [4.69, 9.17) is 0 Å². The van der Waals surface area contributed by atoms with Gasteiger partial charge >= 0.3 is 6.36 Å². The van der Waals surface area contributed by atoms with Crippen LogP contribution in [-0.4, -0.2) is 36.9 Å². The van der Waals surface area contributed by atoms with Gasteiger partial charge in [-0.1, -0.05) is 0 Å². The van der Waals surface area contributed by atoms with Gasteiger partial charge in [0.1, 0.15) is 29.5 Å². The summed E-state index contributed by atoms with van der Waals surface area (Å²) in [6.45, 7) is 0. The van der Waals surface area contributed by atoms with E-state index in [0.717, 1.165) is 12.1 Å². The summed E-state index contributed by atoms with van der Waals surface area (Å²) in [6.07, 6.45) is -3.57. The van der Waals surface area contributed by atoms with E-state index in [1.54, 1.807) is 0 Å². The highest BCUT2D eigenvalue weighted by Crippen LogP contribution is 2.30. The molecule has 0 saturated heterocycles. The second-order valence-electron chi connectivity index (χ2n) is 6.00. The Kier molecular flexibility index (Phi) is 6.17. The summed E-state index contributed by atoms with van der Waals surface area (Å²) < 4.78 is 66.6. The van der Waals surface area contributed by atoms with E-state index in [0.29, 0.717) is 11.5 Å². The number of nitrogens with zero attached hydrogens (tertiary/aromatic N) is 2. The number of phenols is 1. The quantitative estimate of drug-likeness (QED) is 0.399. The Morgan fingerprint density at radius 2 is 1.61 bits per heavy atom. The first-order valence-corrected chi connectivity index (χ1v) is 10.0. The number of ether oxygens (including phenoxy) is 1. The van der Waals surface area contributed by atoms with Gasteiger partial charge in [-0.05, 0) is 49.5 Å². The Labute approximate surface area is 175 Å². The minimum Gasteiger partial charge on any atom is -0.506 e. The van der Waals surface area contributed by atoms with Crippen molar-refractivity contribution in [3.63, 3.8) is 0 Å². The highest BCUT2D eigenvalue weighted by Gasteiger charge is 2.30. The molecule has 0 aliphatic carbocycles. The average Bonchev–Trinajstić information content (AvgIpc) is 2.70. The standard InChI is InChI=1S/C18H16F3N5O4S/c1-22-31(28,29)13-6-7-15(27)14(8-13)26-17-9-16(23-10-24-17)25-11-2-4-12(5-3-11)30-18(19,20)21/h2-10,22,27H,1H3,(H2,23,24,25,26). The molecule has 0 saturated carbocycles. The number of anilines is 4. The predicted octanol–water partition coefficient (Wildman–Crippen LogP) is 3.48. The van der Waals surface area contributed by atoms with Crippen LogP contribution in [0.1, 0.15) is 0 Å². The molecule has 0 aliphatic heterocycles. The van der Waals surface area contributed by atoms with Crippen LogP contribution in [-0.2, 0) is 10.0 Å². The van der Waals surface area contributed by atoms with Crippen molar-refractivity contribution in [2.24, 2.45) is 0 Å². The van der Waals surface area contributed by atoms with Gasteiger partial charge in [0.2, 0.25) is 10.0 Å². The van der Waals surface area contributed by atoms with Crippen LogP contribution in [0.3, 0.4) is 0 Å². The minimum absolute atomic E-state index is 0.0659. The monoisotopic (exact) mass is 455 g/mol. The molecule has 0 unspecified atom stereocenters. The van der Waals surface area contributed by atoms with E-state index >= 15 is 0 Å². The Balaban J connectivity index is 1.76. The predicted molar refractivity (Wildman–Crippen MR) is 106 cm³/mol. The Hall–Kier alpha value is -3.58. The maximum Gasteiger partial charge on any atom is 0.573 e. The Morgan fingerprint density at radius 3 is 2.23 bits per heavy atom. The van der Waals surface area contributed by atoms with E-state index in [-0.39, 0.29) is 27.9 Å². The summed E-state index contributed by atoms with van der Waals surface area (Å²) in [5.41, 5.74) is 0.527. The maximum atomic E-state index is 12.2. The molecule has 0 spiro atoms. The molecule has 4 N–H and O–H groups in total. The van der Waals surface area contributed by atoms with Gasteiger partial charge in [0.05, 0.1) is 10.6 Å². The van der Waals surface area contributed by atoms with Crippen LogP contribution in [0.4, 0.5) is 36.2 Å². The normalized spacial score (nSPS) is 11.7. The summed E-state index contributed by atoms with van der Waals surface area (Å²) in [5, 5.41) is 15.7. The largest absolute Gasteiger partial charge is 0.573 e. The number of alkyl halides is 3. The van der Waals surface area contributed by atoms with Gasteiger partial charge in [0.25, 0.3) is 0 Å². The number of aromatic hydroxyl groups is 1. The summed E-state index contributed by atoms with van der Waals surface area (Å²) in [4.78, 5) is 7.94. The maximum absolute atomic E-state index is 12.2. The van der Waals surface area contributed by atoms with Gasteiger partial charge in [-0.15, -0.1) is 13.2 Å². The van der Waals surface area contributed by atoms with Crippen molar-refractivity contribution in [2.75, 3.05) is 17.7 Å². The zero-order chi connectivity index (χ0) is 22.6. The van der Waals surface area contributed by atoms with Gasteiger partial charge < -0.3 is 20.5 Å². The van der Waals surface area contributed by atoms with Crippen LogP contribution in [0, 0.1) is 0 Å². The third kappa shape index (κ3) is 5.96. The minimum atomic E-state index is -4.78. The molecule has 3 aromatic rings. The van der Waals surface area contributed by atoms with Crippen molar-refractivity contribution in [3.05, 3.63) is 54.9 Å². The lowest BCUT2D eigenvalue weighted by molar-refractivity contribution is -0.274. The lowest BCUT2D eigenvalue weighted by Gasteiger charge is -2.12. The number of halogens is 3. The molecule has 1 aromatic heterocycles. The van der Waals surface area contributed by atoms with E-state index in [1.807, 2.05) is 0 Å². The van der Waals surface area contributed by atoms with Crippen molar-refractivity contribution in [2.45, 2.75) is 11.3 Å². The van der Waals surface area contributed by atoms with Crippen LogP contribution in [0.2, 0.25) is 0 Å². The molecule has 1 heterocycles. The lowest BCUT2D eigenvalue weighted by Crippen LogP contribution is -2.18. The molecule has 0 aliphatic rings. The Bertz CT molecular complexity index is 1170. The Morgan fingerprint density at radius 1 is 0.968 bits per heavy atom. The summed E-state index contributed by atoms with van der Waals surface area (Å²) in [7, 11) is -2.46. The highest BCUT2D eigenvalue weighted by atomic mass is 32.2. The van der Waals surface area contributed by atoms with Crippen LogP contribution in [0.5, 0.6) is 11.5 Å². The number of rotatable bonds is 7. The fourth-order valence-corrected chi connectivity index (χ4v) is 3.18. The van der Waals surface area contributed by atoms with Gasteiger partial charge in [0, 0.05) is 11.8 Å². The molecule has 164 valence electrons. The summed E-state index contributed by atoms with van der Waals surface area (Å²) in [5.74, 6) is -0.0530. The fraction of sp³-hybridized carbons (Fsp3) is 0.111. The zero-order valence-electron chi connectivity index (χ0n) is 15.8. The molecular weight excluding hydrogens is 439 g/mol. The molecule has 13 heteroatoms. The average molecular weight is 455 g/mol. The van der Waals surface area contributed by atoms with Gasteiger partial charge in [-0.3, -0.25) is 0 Å². The highest BCUT2D eigenvalue weighted by molar-refractivity contribution is 7.89. The van der Waals surface area contributed by atoms with E-state index < -0.39 is 16.4 Å². The molecule has 0 amide bonds. The van der Waals surface area contributed by atoms with Crippen molar-refractivity contribution < 1.29 is 31.4 Å². The molecule has 0 bridgehead atoms. The zero-order valence-corrected chi connectivity index (χ0v) is 16.6. The SMILES string of the molecule is CNS(=O)(=O)c1ccc(O)c(Nc2cc(Nc3ccc(OC(F)(F)F)cc3)ncn2)c1. The first-order valence-electron chi connectivity index (χ1n) is 8.54. The van der Waals surface area contributed by atoms with E-state index in [9.17, 15) is 26.7 Å². The van der Waals surface area contributed by atoms with Gasteiger partial charge in [-0.25, -0.2) is 23.1 Å². The fourth-order valence-electron chi connectivity index (χ4n) is 2.42. The second-order valence-corrected chi connectivity index (χ2v) is 7.88. The number of nitrogens with one attached hydrogen (secondary N) is 3. The van der Waals surface area contributed by atoms with E-state index in [1.165, 1.54) is 49.8 Å². The lowest BCUT2D eigenvalue weighted by atomic mass is 10.3. The molecule has 2 aromatic carbocycles. The van der Waals surface area contributed by atoms with Crippen LogP contribution >= 0.6 is 0 Å². The first-order chi connectivity index (χ1) is 14.6. The van der Waals surface area contributed by atoms with Crippen molar-refractivity contribution >= 4 is 33.0 Å². The third-order valence-electron chi connectivity index (χ3n) is 3.84. The number of sulfonamides is 1. The number of hydrogen-bond donors (Lipinski definition) is 4. The van der Waals surface area contributed by atoms with E-state index in [2.05, 4.69) is 30.1 Å². The van der Waals surface area contributed by atoms with Crippen molar-refractivity contribution in [1.29, 1.82) is 0 Å². The number of phenolic OH excluding ortho intramolecular Hbond substituents is 1. The molecule has 0 atom stereocenters. The number of aromatic nitrogens is 2. The topological polar surface area (TPSA) is 125 Å². The summed E-state index contributed by atoms with van der Waals surface area (Å²) >= 11 is 0. The van der Waals surface area contributed by atoms with Crippen LogP contribution in [0.25, 0.3) is 0 Å². The van der Waals surface area contributed by atoms with Crippen LogP contribution in [0.15, 0.2) is 59.8 Å². The number of hydrogen-bond acceptors (Lipinski definition) is 8. The molecule has 0 fully saturated rings. The molecule has 31 heavy (non-hydrogen) atoms. The second kappa shape index (κ2) is 8.65. The van der Waals surface area contributed by atoms with Crippen molar-refractivity contribution in [1.82, 2.24) is 14.7 Å².